The fourth-order valence-corrected chi connectivity index (χ4v) is 2.58. The molecule has 0 fully saturated rings. The van der Waals surface area contributed by atoms with Gasteiger partial charge in [0.15, 0.2) is 11.5 Å². The Bertz CT molecular complexity index is 783. The van der Waals surface area contributed by atoms with E-state index in [4.69, 9.17) is 21.1 Å². The maximum absolute atomic E-state index is 12.1. The summed E-state index contributed by atoms with van der Waals surface area (Å²) in [5.74, 6) is 1.11. The summed E-state index contributed by atoms with van der Waals surface area (Å²) in [6.07, 6.45) is 1.81. The largest absolute Gasteiger partial charge is 0.493 e. The number of hydrogen-bond acceptors (Lipinski definition) is 3. The summed E-state index contributed by atoms with van der Waals surface area (Å²) in [6.45, 7) is 0. The van der Waals surface area contributed by atoms with Crippen LogP contribution < -0.4 is 14.8 Å². The summed E-state index contributed by atoms with van der Waals surface area (Å²) >= 11 is 6.02. The van der Waals surface area contributed by atoms with Crippen molar-refractivity contribution < 1.29 is 14.3 Å². The number of carbonyl (C=O) groups excluding carboxylic acids is 1. The molecule has 0 aliphatic carbocycles. The molecule has 1 amide bonds. The lowest BCUT2D eigenvalue weighted by Crippen LogP contribution is -2.03. The minimum atomic E-state index is -0.146. The monoisotopic (exact) mass is 315 g/mol. The van der Waals surface area contributed by atoms with Crippen molar-refractivity contribution in [1.29, 1.82) is 0 Å². The Morgan fingerprint density at radius 1 is 1.05 bits per heavy atom. The summed E-state index contributed by atoms with van der Waals surface area (Å²) in [7, 11) is 3.16. The highest BCUT2D eigenvalue weighted by molar-refractivity contribution is 6.36. The number of hydrogen-bond donors (Lipinski definition) is 1. The summed E-state index contributed by atoms with van der Waals surface area (Å²) in [5, 5.41) is 3.42. The standard InChI is InChI=1S/C17H14ClNO3/c1-21-15-6-3-10(8-16(15)22-2)7-13-12-9-11(18)4-5-14(12)19-17(13)20/h3-9H,1-2H3,(H,19,20)/b13-7+. The van der Waals surface area contributed by atoms with Crippen LogP contribution in [0.3, 0.4) is 0 Å². The van der Waals surface area contributed by atoms with Gasteiger partial charge in [-0.3, -0.25) is 4.79 Å². The van der Waals surface area contributed by atoms with E-state index in [1.54, 1.807) is 44.6 Å². The van der Waals surface area contributed by atoms with Gasteiger partial charge in [-0.25, -0.2) is 0 Å². The molecule has 0 unspecified atom stereocenters. The fourth-order valence-electron chi connectivity index (χ4n) is 2.41. The number of rotatable bonds is 3. The first-order chi connectivity index (χ1) is 10.6. The van der Waals surface area contributed by atoms with Crippen LogP contribution in [0.25, 0.3) is 11.6 Å². The Labute approximate surface area is 133 Å². The van der Waals surface area contributed by atoms with Gasteiger partial charge in [0.25, 0.3) is 5.91 Å². The number of carbonyl (C=O) groups is 1. The molecule has 1 aliphatic rings. The van der Waals surface area contributed by atoms with Crippen molar-refractivity contribution >= 4 is 34.8 Å². The van der Waals surface area contributed by atoms with Gasteiger partial charge in [-0.2, -0.15) is 0 Å². The van der Waals surface area contributed by atoms with Gasteiger partial charge >= 0.3 is 0 Å². The predicted octanol–water partition coefficient (Wildman–Crippen LogP) is 3.85. The van der Waals surface area contributed by atoms with Crippen LogP contribution in [0.2, 0.25) is 5.02 Å². The first kappa shape index (κ1) is 14.5. The Kier molecular flexibility index (Phi) is 3.77. The summed E-state index contributed by atoms with van der Waals surface area (Å²) in [5.41, 5.74) is 2.98. The Morgan fingerprint density at radius 2 is 1.82 bits per heavy atom. The van der Waals surface area contributed by atoms with Crippen molar-refractivity contribution in [1.82, 2.24) is 0 Å². The van der Waals surface area contributed by atoms with E-state index >= 15 is 0 Å². The fraction of sp³-hybridized carbons (Fsp3) is 0.118. The summed E-state index contributed by atoms with van der Waals surface area (Å²) < 4.78 is 10.5. The number of amides is 1. The van der Waals surface area contributed by atoms with Crippen molar-refractivity contribution in [3.05, 3.63) is 52.5 Å². The normalized spacial score (nSPS) is 14.7. The molecule has 0 aromatic heterocycles. The highest BCUT2D eigenvalue weighted by Gasteiger charge is 2.24. The second kappa shape index (κ2) is 5.73. The van der Waals surface area contributed by atoms with Crippen LogP contribution in [-0.4, -0.2) is 20.1 Å². The molecule has 4 nitrogen and oxygen atoms in total. The van der Waals surface area contributed by atoms with Crippen LogP contribution in [0, 0.1) is 0 Å². The third-order valence-corrected chi connectivity index (χ3v) is 3.72. The highest BCUT2D eigenvalue weighted by atomic mass is 35.5. The van der Waals surface area contributed by atoms with Gasteiger partial charge in [0.1, 0.15) is 0 Å². The van der Waals surface area contributed by atoms with Gasteiger partial charge < -0.3 is 14.8 Å². The zero-order valence-corrected chi connectivity index (χ0v) is 12.9. The highest BCUT2D eigenvalue weighted by Crippen LogP contribution is 2.36. The molecule has 112 valence electrons. The lowest BCUT2D eigenvalue weighted by Gasteiger charge is -2.08. The number of ether oxygens (including phenoxy) is 2. The molecule has 0 radical (unpaired) electrons. The van der Waals surface area contributed by atoms with Gasteiger partial charge in [0, 0.05) is 21.8 Å². The molecule has 22 heavy (non-hydrogen) atoms. The third-order valence-electron chi connectivity index (χ3n) is 3.48. The zero-order valence-electron chi connectivity index (χ0n) is 12.1. The van der Waals surface area contributed by atoms with Crippen LogP contribution in [-0.2, 0) is 4.79 Å². The quantitative estimate of drug-likeness (QED) is 0.875. The van der Waals surface area contributed by atoms with Crippen LogP contribution in [0.4, 0.5) is 5.69 Å². The van der Waals surface area contributed by atoms with Gasteiger partial charge in [-0.05, 0) is 42.0 Å². The molecular formula is C17H14ClNO3. The van der Waals surface area contributed by atoms with E-state index in [2.05, 4.69) is 5.32 Å². The molecule has 3 rings (SSSR count). The van der Waals surface area contributed by atoms with E-state index < -0.39 is 0 Å². The molecule has 2 aromatic carbocycles. The SMILES string of the molecule is COc1ccc(/C=C2/C(=O)Nc3ccc(Cl)cc32)cc1OC. The van der Waals surface area contributed by atoms with Gasteiger partial charge in [0.2, 0.25) is 0 Å². The van der Waals surface area contributed by atoms with Crippen LogP contribution in [0.1, 0.15) is 11.1 Å². The van der Waals surface area contributed by atoms with Gasteiger partial charge in [0.05, 0.1) is 14.2 Å². The lowest BCUT2D eigenvalue weighted by molar-refractivity contribution is -0.110. The second-order valence-electron chi connectivity index (χ2n) is 4.82. The molecule has 1 N–H and O–H groups in total. The minimum absolute atomic E-state index is 0.146. The Morgan fingerprint density at radius 3 is 2.55 bits per heavy atom. The van der Waals surface area contributed by atoms with E-state index in [1.807, 2.05) is 12.1 Å². The second-order valence-corrected chi connectivity index (χ2v) is 5.25. The molecule has 0 saturated heterocycles. The van der Waals surface area contributed by atoms with E-state index in [0.29, 0.717) is 22.1 Å². The van der Waals surface area contributed by atoms with Crippen molar-refractivity contribution in [3.8, 4) is 11.5 Å². The third kappa shape index (κ3) is 2.53. The number of benzene rings is 2. The summed E-state index contributed by atoms with van der Waals surface area (Å²) in [4.78, 5) is 12.1. The van der Waals surface area contributed by atoms with Crippen LogP contribution >= 0.6 is 11.6 Å². The molecular weight excluding hydrogens is 302 g/mol. The maximum Gasteiger partial charge on any atom is 0.256 e. The lowest BCUT2D eigenvalue weighted by atomic mass is 10.0. The van der Waals surface area contributed by atoms with Crippen molar-refractivity contribution in [2.24, 2.45) is 0 Å². The molecule has 2 aromatic rings. The Hall–Kier alpha value is -2.46. The minimum Gasteiger partial charge on any atom is -0.493 e. The van der Waals surface area contributed by atoms with Gasteiger partial charge in [-0.1, -0.05) is 17.7 Å². The predicted molar refractivity (Wildman–Crippen MR) is 87.5 cm³/mol. The number of nitrogens with one attached hydrogen (secondary N) is 1. The van der Waals surface area contributed by atoms with E-state index in [1.165, 1.54) is 0 Å². The van der Waals surface area contributed by atoms with Gasteiger partial charge in [-0.15, -0.1) is 0 Å². The van der Waals surface area contributed by atoms with Crippen molar-refractivity contribution in [3.63, 3.8) is 0 Å². The summed E-state index contributed by atoms with van der Waals surface area (Å²) in [6, 6.07) is 10.8. The molecule has 1 aliphatic heterocycles. The number of fused-ring (bicyclic) bond motifs is 1. The number of methoxy groups -OCH3 is 2. The van der Waals surface area contributed by atoms with Crippen LogP contribution in [0.5, 0.6) is 11.5 Å². The van der Waals surface area contributed by atoms with Crippen molar-refractivity contribution in [2.75, 3.05) is 19.5 Å². The molecule has 0 atom stereocenters. The smallest absolute Gasteiger partial charge is 0.256 e. The van der Waals surface area contributed by atoms with E-state index in [9.17, 15) is 4.79 Å². The van der Waals surface area contributed by atoms with Crippen molar-refractivity contribution in [2.45, 2.75) is 0 Å². The molecule has 0 saturated carbocycles. The first-order valence-corrected chi connectivity index (χ1v) is 7.05. The molecule has 0 bridgehead atoms. The molecule has 0 spiro atoms. The number of anilines is 1. The Balaban J connectivity index is 2.06. The van der Waals surface area contributed by atoms with E-state index in [0.717, 1.165) is 16.8 Å². The maximum atomic E-state index is 12.1. The topological polar surface area (TPSA) is 47.6 Å². The number of halogens is 1. The molecule has 5 heteroatoms. The average Bonchev–Trinajstić information content (AvgIpc) is 2.83. The first-order valence-electron chi connectivity index (χ1n) is 6.67. The average molecular weight is 316 g/mol. The van der Waals surface area contributed by atoms with Crippen LogP contribution in [0.15, 0.2) is 36.4 Å². The van der Waals surface area contributed by atoms with E-state index in [-0.39, 0.29) is 5.91 Å². The molecule has 1 heterocycles. The zero-order chi connectivity index (χ0) is 15.7.